The number of esters is 1. The van der Waals surface area contributed by atoms with Gasteiger partial charge in [-0.05, 0) is 17.7 Å². The van der Waals surface area contributed by atoms with Crippen molar-refractivity contribution in [2.75, 3.05) is 19.9 Å². The molecule has 0 spiro atoms. The summed E-state index contributed by atoms with van der Waals surface area (Å²) in [6, 6.07) is 1.74. The third-order valence-corrected chi connectivity index (χ3v) is 3.77. The number of hydrogen-bond acceptors (Lipinski definition) is 5. The first kappa shape index (κ1) is 12.1. The zero-order valence-corrected chi connectivity index (χ0v) is 10.0. The Morgan fingerprint density at radius 1 is 1.60 bits per heavy atom. The molecule has 0 atom stereocenters. The molecule has 0 aliphatic carbocycles. The van der Waals surface area contributed by atoms with Crippen LogP contribution in [0.4, 0.5) is 0 Å². The van der Waals surface area contributed by atoms with Crippen LogP contribution in [-0.4, -0.2) is 31.8 Å². The Morgan fingerprint density at radius 3 is 2.93 bits per heavy atom. The van der Waals surface area contributed by atoms with Gasteiger partial charge in [0.1, 0.15) is 6.54 Å². The minimum Gasteiger partial charge on any atom is -0.468 e. The first-order chi connectivity index (χ1) is 7.19. The molecule has 1 N–H and O–H groups in total. The summed E-state index contributed by atoms with van der Waals surface area (Å²) in [5.41, 5.74) is 0.608. The number of ether oxygens (including phenoxy) is 1. The van der Waals surface area contributed by atoms with E-state index >= 15 is 0 Å². The van der Waals surface area contributed by atoms with Crippen molar-refractivity contribution in [1.29, 1.82) is 0 Å². The maximum absolute atomic E-state index is 11.6. The van der Waals surface area contributed by atoms with Gasteiger partial charge in [0.25, 0.3) is 5.91 Å². The quantitative estimate of drug-likeness (QED) is 0.643. The predicted octanol–water partition coefficient (Wildman–Crippen LogP) is 1.37. The van der Waals surface area contributed by atoms with E-state index in [0.29, 0.717) is 5.56 Å². The van der Waals surface area contributed by atoms with Crippen molar-refractivity contribution < 1.29 is 14.3 Å². The highest BCUT2D eigenvalue weighted by molar-refractivity contribution is 8.00. The average Bonchev–Trinajstić information content (AvgIpc) is 2.73. The number of rotatable bonds is 4. The van der Waals surface area contributed by atoms with Crippen LogP contribution in [0.15, 0.2) is 15.7 Å². The van der Waals surface area contributed by atoms with Gasteiger partial charge in [0.05, 0.1) is 16.9 Å². The summed E-state index contributed by atoms with van der Waals surface area (Å²) < 4.78 is 5.36. The Bertz CT molecular complexity index is 362. The van der Waals surface area contributed by atoms with Crippen molar-refractivity contribution in [2.24, 2.45) is 0 Å². The molecule has 0 radical (unpaired) electrons. The van der Waals surface area contributed by atoms with E-state index in [1.165, 1.54) is 30.2 Å². The van der Waals surface area contributed by atoms with Gasteiger partial charge in [-0.25, -0.2) is 0 Å². The molecule has 1 aromatic rings. The lowest BCUT2D eigenvalue weighted by molar-refractivity contribution is -0.139. The molecule has 6 heteroatoms. The van der Waals surface area contributed by atoms with E-state index in [1.807, 2.05) is 11.6 Å². The normalized spacial score (nSPS) is 9.73. The predicted molar refractivity (Wildman–Crippen MR) is 60.4 cm³/mol. The van der Waals surface area contributed by atoms with Crippen molar-refractivity contribution in [3.05, 3.63) is 17.0 Å². The SMILES string of the molecule is COC(=O)CNC(=O)c1ccsc1SC. The summed E-state index contributed by atoms with van der Waals surface area (Å²) in [5.74, 6) is -0.699. The Hall–Kier alpha value is -1.01. The molecule has 0 saturated carbocycles. The second-order valence-corrected chi connectivity index (χ2v) is 4.58. The number of amides is 1. The van der Waals surface area contributed by atoms with Gasteiger partial charge >= 0.3 is 5.97 Å². The van der Waals surface area contributed by atoms with Crippen LogP contribution in [0.2, 0.25) is 0 Å². The number of nitrogens with one attached hydrogen (secondary N) is 1. The molecule has 1 rings (SSSR count). The highest BCUT2D eigenvalue weighted by Crippen LogP contribution is 2.26. The van der Waals surface area contributed by atoms with Crippen LogP contribution in [0.3, 0.4) is 0 Å². The Labute approximate surface area is 96.0 Å². The van der Waals surface area contributed by atoms with Gasteiger partial charge in [-0.2, -0.15) is 0 Å². The van der Waals surface area contributed by atoms with Crippen LogP contribution in [-0.2, 0) is 9.53 Å². The summed E-state index contributed by atoms with van der Waals surface area (Å²) >= 11 is 3.02. The monoisotopic (exact) mass is 245 g/mol. The highest BCUT2D eigenvalue weighted by atomic mass is 32.2. The number of thioether (sulfide) groups is 1. The number of carbonyl (C=O) groups is 2. The van der Waals surface area contributed by atoms with Gasteiger partial charge in [-0.3, -0.25) is 9.59 Å². The van der Waals surface area contributed by atoms with Gasteiger partial charge in [-0.1, -0.05) is 0 Å². The van der Waals surface area contributed by atoms with E-state index in [9.17, 15) is 9.59 Å². The van der Waals surface area contributed by atoms with Gasteiger partial charge in [0.2, 0.25) is 0 Å². The zero-order valence-electron chi connectivity index (χ0n) is 8.40. The smallest absolute Gasteiger partial charge is 0.325 e. The van der Waals surface area contributed by atoms with Gasteiger partial charge in [0.15, 0.2) is 0 Å². The van der Waals surface area contributed by atoms with E-state index < -0.39 is 5.97 Å². The van der Waals surface area contributed by atoms with Crippen molar-refractivity contribution in [1.82, 2.24) is 5.32 Å². The first-order valence-corrected chi connectivity index (χ1v) is 6.26. The Morgan fingerprint density at radius 2 is 2.33 bits per heavy atom. The lowest BCUT2D eigenvalue weighted by Gasteiger charge is -2.03. The molecule has 0 aliphatic heterocycles. The largest absolute Gasteiger partial charge is 0.468 e. The molecule has 4 nitrogen and oxygen atoms in total. The van der Waals surface area contributed by atoms with Crippen molar-refractivity contribution in [3.8, 4) is 0 Å². The van der Waals surface area contributed by atoms with Crippen LogP contribution < -0.4 is 5.32 Å². The molecule has 1 amide bonds. The van der Waals surface area contributed by atoms with Crippen LogP contribution in [0.25, 0.3) is 0 Å². The molecular weight excluding hydrogens is 234 g/mol. The van der Waals surface area contributed by atoms with Gasteiger partial charge < -0.3 is 10.1 Å². The van der Waals surface area contributed by atoms with E-state index in [2.05, 4.69) is 10.1 Å². The average molecular weight is 245 g/mol. The summed E-state index contributed by atoms with van der Waals surface area (Å²) in [4.78, 5) is 22.4. The summed E-state index contributed by atoms with van der Waals surface area (Å²) in [6.07, 6.45) is 1.91. The Balaban J connectivity index is 2.57. The summed E-state index contributed by atoms with van der Waals surface area (Å²) in [5, 5.41) is 4.34. The second kappa shape index (κ2) is 5.77. The summed E-state index contributed by atoms with van der Waals surface area (Å²) in [7, 11) is 1.28. The second-order valence-electron chi connectivity index (χ2n) is 2.58. The molecule has 0 aromatic carbocycles. The van der Waals surface area contributed by atoms with Crippen molar-refractivity contribution >= 4 is 35.0 Å². The fourth-order valence-corrected chi connectivity index (χ4v) is 2.49. The molecule has 1 heterocycles. The topological polar surface area (TPSA) is 55.4 Å². The van der Waals surface area contributed by atoms with E-state index in [4.69, 9.17) is 0 Å². The third-order valence-electron chi connectivity index (χ3n) is 1.68. The zero-order chi connectivity index (χ0) is 11.3. The van der Waals surface area contributed by atoms with Crippen molar-refractivity contribution in [3.63, 3.8) is 0 Å². The molecule has 0 saturated heterocycles. The van der Waals surface area contributed by atoms with Crippen LogP contribution >= 0.6 is 23.1 Å². The van der Waals surface area contributed by atoms with E-state index in [1.54, 1.807) is 6.07 Å². The number of carbonyl (C=O) groups excluding carboxylic acids is 2. The van der Waals surface area contributed by atoms with Crippen molar-refractivity contribution in [2.45, 2.75) is 4.21 Å². The highest BCUT2D eigenvalue weighted by Gasteiger charge is 2.12. The lowest BCUT2D eigenvalue weighted by atomic mass is 10.3. The minimum atomic E-state index is -0.454. The van der Waals surface area contributed by atoms with Crippen LogP contribution in [0.1, 0.15) is 10.4 Å². The standard InChI is InChI=1S/C9H11NO3S2/c1-13-7(11)5-10-8(12)6-3-4-15-9(6)14-2/h3-4H,5H2,1-2H3,(H,10,12). The maximum Gasteiger partial charge on any atom is 0.325 e. The molecule has 0 bridgehead atoms. The van der Waals surface area contributed by atoms with E-state index in [0.717, 1.165) is 4.21 Å². The Kier molecular flexibility index (Phi) is 4.64. The van der Waals surface area contributed by atoms with Gasteiger partial charge in [-0.15, -0.1) is 23.1 Å². The fourth-order valence-electron chi connectivity index (χ4n) is 0.942. The molecule has 82 valence electrons. The van der Waals surface area contributed by atoms with E-state index in [-0.39, 0.29) is 12.5 Å². The molecule has 1 aromatic heterocycles. The molecule has 0 fully saturated rings. The number of methoxy groups -OCH3 is 1. The minimum absolute atomic E-state index is 0.0982. The number of hydrogen-bond donors (Lipinski definition) is 1. The molecule has 0 unspecified atom stereocenters. The molecule has 0 aliphatic rings. The molecular formula is C9H11NO3S2. The fraction of sp³-hybridized carbons (Fsp3) is 0.333. The molecule has 15 heavy (non-hydrogen) atoms. The first-order valence-electron chi connectivity index (χ1n) is 4.15. The summed E-state index contributed by atoms with van der Waals surface area (Å²) in [6.45, 7) is -0.0982. The third kappa shape index (κ3) is 3.24. The van der Waals surface area contributed by atoms with Gasteiger partial charge in [0, 0.05) is 0 Å². The van der Waals surface area contributed by atoms with Crippen LogP contribution in [0, 0.1) is 0 Å². The maximum atomic E-state index is 11.6. The number of thiophene rings is 1. The van der Waals surface area contributed by atoms with Crippen LogP contribution in [0.5, 0.6) is 0 Å². The lowest BCUT2D eigenvalue weighted by Crippen LogP contribution is -2.30.